The largest absolute Gasteiger partial charge is 0.444 e. The van der Waals surface area contributed by atoms with Gasteiger partial charge in [0.15, 0.2) is 6.10 Å². The van der Waals surface area contributed by atoms with Gasteiger partial charge in [0.05, 0.1) is 35.8 Å². The molecule has 0 radical (unpaired) electrons. The van der Waals surface area contributed by atoms with E-state index in [4.69, 9.17) is 14.2 Å². The summed E-state index contributed by atoms with van der Waals surface area (Å²) in [7, 11) is 1.65. The van der Waals surface area contributed by atoms with E-state index in [1.807, 2.05) is 43.3 Å². The number of hydrogen-bond acceptors (Lipinski definition) is 6. The first-order valence-electron chi connectivity index (χ1n) is 13.1. The van der Waals surface area contributed by atoms with Gasteiger partial charge in [0.2, 0.25) is 0 Å². The second kappa shape index (κ2) is 10.9. The Hall–Kier alpha value is -2.72. The highest BCUT2D eigenvalue weighted by Gasteiger charge is 2.42. The minimum absolute atomic E-state index is 0.0649. The highest BCUT2D eigenvalue weighted by molar-refractivity contribution is 5.85. The molecule has 2 atom stereocenters. The monoisotopic (exact) mass is 518 g/mol. The molecule has 37 heavy (non-hydrogen) atoms. The van der Waals surface area contributed by atoms with Crippen molar-refractivity contribution in [2.45, 2.75) is 84.2 Å². The maximum atomic E-state index is 15.3. The molecule has 1 unspecified atom stereocenters. The minimum atomic E-state index is -0.792. The third kappa shape index (κ3) is 6.23. The molecule has 2 aromatic rings. The van der Waals surface area contributed by atoms with Crippen LogP contribution >= 0.6 is 0 Å². The van der Waals surface area contributed by atoms with Crippen LogP contribution in [0, 0.1) is 12.7 Å². The highest BCUT2D eigenvalue weighted by Crippen LogP contribution is 2.37. The number of carbonyl (C=O) groups is 2. The van der Waals surface area contributed by atoms with Gasteiger partial charge in [0, 0.05) is 32.8 Å². The van der Waals surface area contributed by atoms with Crippen LogP contribution < -0.4 is 0 Å². The normalized spacial score (nSPS) is 19.2. The molecule has 1 saturated heterocycles. The van der Waals surface area contributed by atoms with E-state index in [9.17, 15) is 9.59 Å². The number of rotatable bonds is 8. The number of hydrogen-bond donors (Lipinski definition) is 0. The van der Waals surface area contributed by atoms with Gasteiger partial charge in [0.25, 0.3) is 5.91 Å². The first-order valence-corrected chi connectivity index (χ1v) is 13.1. The minimum Gasteiger partial charge on any atom is -0.444 e. The Kier molecular flexibility index (Phi) is 8.08. The van der Waals surface area contributed by atoms with Crippen molar-refractivity contribution in [3.05, 3.63) is 29.2 Å². The van der Waals surface area contributed by atoms with Gasteiger partial charge in [0.1, 0.15) is 11.4 Å². The molecule has 1 aromatic carbocycles. The molecule has 2 heterocycles. The van der Waals surface area contributed by atoms with E-state index in [1.54, 1.807) is 14.0 Å². The van der Waals surface area contributed by atoms with E-state index in [1.165, 1.54) is 11.0 Å². The zero-order valence-electron chi connectivity index (χ0n) is 22.8. The number of fused-ring (bicyclic) bond motifs is 1. The summed E-state index contributed by atoms with van der Waals surface area (Å²) in [4.78, 5) is 29.7. The molecule has 9 nitrogen and oxygen atoms in total. The predicted octanol–water partition coefficient (Wildman–Crippen LogP) is 4.21. The second-order valence-corrected chi connectivity index (χ2v) is 11.0. The lowest BCUT2D eigenvalue weighted by Gasteiger charge is -2.38. The molecule has 2 amide bonds. The van der Waals surface area contributed by atoms with Crippen LogP contribution in [0.15, 0.2) is 12.1 Å². The fourth-order valence-electron chi connectivity index (χ4n) is 4.89. The van der Waals surface area contributed by atoms with Crippen LogP contribution in [-0.4, -0.2) is 82.7 Å². The molecule has 204 valence electrons. The Labute approximate surface area is 217 Å². The highest BCUT2D eigenvalue weighted by atomic mass is 19.1. The number of nitrogens with zero attached hydrogens (tertiary/aromatic N) is 4. The maximum absolute atomic E-state index is 15.3. The van der Waals surface area contributed by atoms with E-state index in [2.05, 4.69) is 5.10 Å². The van der Waals surface area contributed by atoms with Crippen LogP contribution in [0.3, 0.4) is 0 Å². The number of morpholine rings is 1. The molecule has 1 aromatic heterocycles. The second-order valence-electron chi connectivity index (χ2n) is 11.0. The molecule has 1 aliphatic carbocycles. The van der Waals surface area contributed by atoms with Gasteiger partial charge >= 0.3 is 6.09 Å². The summed E-state index contributed by atoms with van der Waals surface area (Å²) in [5.74, 6) is -0.531. The van der Waals surface area contributed by atoms with Crippen molar-refractivity contribution >= 4 is 22.9 Å². The summed E-state index contributed by atoms with van der Waals surface area (Å²) in [5.41, 5.74) is 1.43. The van der Waals surface area contributed by atoms with Crippen LogP contribution in [0.1, 0.15) is 64.3 Å². The average molecular weight is 519 g/mol. The zero-order chi connectivity index (χ0) is 26.9. The number of halogens is 1. The number of aryl methyl sites for hydroxylation is 2. The predicted molar refractivity (Wildman–Crippen MR) is 137 cm³/mol. The lowest BCUT2D eigenvalue weighted by molar-refractivity contribution is -0.151. The van der Waals surface area contributed by atoms with Gasteiger partial charge in [-0.15, -0.1) is 0 Å². The topological polar surface area (TPSA) is 86.1 Å². The molecule has 0 spiro atoms. The van der Waals surface area contributed by atoms with Gasteiger partial charge in [-0.05, 0) is 71.6 Å². The van der Waals surface area contributed by atoms with E-state index in [0.717, 1.165) is 19.3 Å². The number of aromatic nitrogens is 2. The SMILES string of the molecule is COCCCn1nc(C)c2c(F)cc(C(C)N(C(=O)[C@H]3CN(C(=O)OC(C)(C)C)CCO3)C3CC3)cc21. The Morgan fingerprint density at radius 3 is 2.68 bits per heavy atom. The fourth-order valence-corrected chi connectivity index (χ4v) is 4.89. The van der Waals surface area contributed by atoms with Crippen LogP contribution in [0.2, 0.25) is 0 Å². The van der Waals surface area contributed by atoms with Gasteiger partial charge in [-0.25, -0.2) is 9.18 Å². The van der Waals surface area contributed by atoms with Gasteiger partial charge in [-0.3, -0.25) is 9.48 Å². The van der Waals surface area contributed by atoms with Crippen molar-refractivity contribution in [3.63, 3.8) is 0 Å². The van der Waals surface area contributed by atoms with Crippen LogP contribution in [0.5, 0.6) is 0 Å². The number of amides is 2. The molecule has 1 aliphatic heterocycles. The Morgan fingerprint density at radius 1 is 1.30 bits per heavy atom. The summed E-state index contributed by atoms with van der Waals surface area (Å²) in [6.45, 7) is 11.1. The first kappa shape index (κ1) is 27.3. The van der Waals surface area contributed by atoms with E-state index in [-0.39, 0.29) is 37.0 Å². The average Bonchev–Trinajstić information content (AvgIpc) is 3.61. The molecule has 2 fully saturated rings. The van der Waals surface area contributed by atoms with E-state index >= 15 is 4.39 Å². The third-order valence-corrected chi connectivity index (χ3v) is 6.81. The van der Waals surface area contributed by atoms with Gasteiger partial charge in [-0.1, -0.05) is 0 Å². The first-order chi connectivity index (χ1) is 17.5. The van der Waals surface area contributed by atoms with Crippen molar-refractivity contribution in [1.82, 2.24) is 19.6 Å². The van der Waals surface area contributed by atoms with Crippen molar-refractivity contribution in [2.24, 2.45) is 0 Å². The lowest BCUT2D eigenvalue weighted by atomic mass is 10.0. The Morgan fingerprint density at radius 2 is 2.03 bits per heavy atom. The summed E-state index contributed by atoms with van der Waals surface area (Å²) in [6, 6.07) is 3.14. The molecular weight excluding hydrogens is 479 g/mol. The van der Waals surface area contributed by atoms with Crippen LogP contribution in [-0.2, 0) is 25.5 Å². The van der Waals surface area contributed by atoms with E-state index in [0.29, 0.717) is 41.9 Å². The quantitative estimate of drug-likeness (QED) is 0.487. The summed E-state index contributed by atoms with van der Waals surface area (Å²) >= 11 is 0. The van der Waals surface area contributed by atoms with Crippen LogP contribution in [0.4, 0.5) is 9.18 Å². The standard InChI is InChI=1S/C27H39FN4O5/c1-17-24-21(28)14-19(15-22(24)31(29-17)10-7-12-35-6)18(2)32(20-8-9-20)25(33)23-16-30(11-13-36-23)26(34)37-27(3,4)5/h14-15,18,20,23H,7-13,16H2,1-6H3/t18?,23-/m1/s1. The van der Waals surface area contributed by atoms with Crippen molar-refractivity contribution in [2.75, 3.05) is 33.4 Å². The third-order valence-electron chi connectivity index (χ3n) is 6.81. The van der Waals surface area contributed by atoms with Gasteiger partial charge in [-0.2, -0.15) is 5.10 Å². The Balaban J connectivity index is 1.57. The number of carbonyl (C=O) groups excluding carboxylic acids is 2. The smallest absolute Gasteiger partial charge is 0.410 e. The van der Waals surface area contributed by atoms with Crippen molar-refractivity contribution in [3.8, 4) is 0 Å². The van der Waals surface area contributed by atoms with Gasteiger partial charge < -0.3 is 24.0 Å². The number of ether oxygens (including phenoxy) is 3. The maximum Gasteiger partial charge on any atom is 0.410 e. The molecule has 0 N–H and O–H groups in total. The molecule has 1 saturated carbocycles. The zero-order valence-corrected chi connectivity index (χ0v) is 22.8. The molecule has 4 rings (SSSR count). The molecule has 0 bridgehead atoms. The lowest BCUT2D eigenvalue weighted by Crippen LogP contribution is -2.54. The summed E-state index contributed by atoms with van der Waals surface area (Å²) in [5, 5.41) is 5.05. The van der Waals surface area contributed by atoms with Crippen molar-refractivity contribution in [1.29, 1.82) is 0 Å². The molecule has 10 heteroatoms. The van der Waals surface area contributed by atoms with E-state index < -0.39 is 17.8 Å². The summed E-state index contributed by atoms with van der Waals surface area (Å²) < 4.78 is 33.6. The Bertz CT molecular complexity index is 1140. The summed E-state index contributed by atoms with van der Waals surface area (Å²) in [6.07, 6.45) is 1.28. The number of benzene rings is 1. The van der Waals surface area contributed by atoms with Crippen LogP contribution in [0.25, 0.3) is 10.9 Å². The van der Waals surface area contributed by atoms with Crippen molar-refractivity contribution < 1.29 is 28.2 Å². The molecular formula is C27H39FN4O5. The fraction of sp³-hybridized carbons (Fsp3) is 0.667. The number of methoxy groups -OCH3 is 1. The molecule has 2 aliphatic rings.